The van der Waals surface area contributed by atoms with Crippen LogP contribution in [0.5, 0.6) is 0 Å². The Morgan fingerprint density at radius 3 is 2.80 bits per heavy atom. The van der Waals surface area contributed by atoms with Gasteiger partial charge in [0.1, 0.15) is 0 Å². The predicted octanol–water partition coefficient (Wildman–Crippen LogP) is 2.20. The molecule has 1 spiro atoms. The van der Waals surface area contributed by atoms with Gasteiger partial charge in [0.05, 0.1) is 6.42 Å². The highest BCUT2D eigenvalue weighted by atomic mass is 16.2. The number of aliphatic imine (C=N–C) groups is 2. The number of allylic oxidation sites excluding steroid dienone is 1. The number of urea groups is 1. The van der Waals surface area contributed by atoms with Crippen LogP contribution in [-0.2, 0) is 4.79 Å². The molecule has 1 aliphatic carbocycles. The van der Waals surface area contributed by atoms with Crippen LogP contribution >= 0.6 is 0 Å². The number of hydrogen-bond acceptors (Lipinski definition) is 4. The molecule has 3 amide bonds. The van der Waals surface area contributed by atoms with E-state index in [4.69, 9.17) is 0 Å². The molecule has 2 fully saturated rings. The molecule has 4 aliphatic heterocycles. The molecule has 160 valence electrons. The Bertz CT molecular complexity index is 848. The van der Waals surface area contributed by atoms with Crippen LogP contribution in [0.25, 0.3) is 0 Å². The molecule has 0 aromatic carbocycles. The number of likely N-dealkylation sites (tertiary alicyclic amines) is 1. The summed E-state index contributed by atoms with van der Waals surface area (Å²) in [6.45, 7) is 5.52. The summed E-state index contributed by atoms with van der Waals surface area (Å²) in [5.74, 6) is 0.755. The van der Waals surface area contributed by atoms with Crippen LogP contribution < -0.4 is 5.32 Å². The van der Waals surface area contributed by atoms with E-state index in [1.807, 2.05) is 22.1 Å². The first kappa shape index (κ1) is 19.5. The SMILES string of the molecule is O=C(CC1=NCCC=C1)N1CCC2(CC1)CC2CNC(=O)N1CC2=C(CCN=C2)C1. The molecular weight excluding hydrogens is 378 g/mol. The van der Waals surface area contributed by atoms with E-state index in [1.165, 1.54) is 17.6 Å². The average Bonchev–Trinajstić information content (AvgIpc) is 3.25. The van der Waals surface area contributed by atoms with Gasteiger partial charge in [0.25, 0.3) is 0 Å². The number of rotatable bonds is 4. The van der Waals surface area contributed by atoms with Crippen LogP contribution in [0.4, 0.5) is 4.79 Å². The monoisotopic (exact) mass is 409 g/mol. The van der Waals surface area contributed by atoms with Gasteiger partial charge in [-0.2, -0.15) is 0 Å². The van der Waals surface area contributed by atoms with Crippen molar-refractivity contribution in [1.82, 2.24) is 15.1 Å². The Kier molecular flexibility index (Phi) is 5.21. The van der Waals surface area contributed by atoms with Crippen molar-refractivity contribution in [1.29, 1.82) is 0 Å². The lowest BCUT2D eigenvalue weighted by molar-refractivity contribution is -0.131. The van der Waals surface area contributed by atoms with Crippen molar-refractivity contribution in [3.63, 3.8) is 0 Å². The summed E-state index contributed by atoms with van der Waals surface area (Å²) < 4.78 is 0. The lowest BCUT2D eigenvalue weighted by Gasteiger charge is -2.33. The van der Waals surface area contributed by atoms with Gasteiger partial charge in [-0.1, -0.05) is 6.08 Å². The fourth-order valence-electron chi connectivity index (χ4n) is 5.39. The second-order valence-corrected chi connectivity index (χ2v) is 9.34. The molecule has 0 bridgehead atoms. The summed E-state index contributed by atoms with van der Waals surface area (Å²) in [6.07, 6.45) is 11.7. The molecule has 0 aromatic rings. The maximum atomic E-state index is 12.6. The Morgan fingerprint density at radius 1 is 1.17 bits per heavy atom. The van der Waals surface area contributed by atoms with Crippen molar-refractivity contribution in [2.45, 2.75) is 38.5 Å². The summed E-state index contributed by atoms with van der Waals surface area (Å²) in [4.78, 5) is 37.9. The molecule has 1 unspecified atom stereocenters. The highest BCUT2D eigenvalue weighted by Crippen LogP contribution is 2.59. The molecule has 1 saturated heterocycles. The lowest BCUT2D eigenvalue weighted by Crippen LogP contribution is -2.42. The van der Waals surface area contributed by atoms with Crippen LogP contribution in [0.3, 0.4) is 0 Å². The van der Waals surface area contributed by atoms with Crippen LogP contribution in [-0.4, -0.2) is 79.5 Å². The summed E-state index contributed by atoms with van der Waals surface area (Å²) >= 11 is 0. The number of amides is 3. The van der Waals surface area contributed by atoms with E-state index >= 15 is 0 Å². The first-order chi connectivity index (χ1) is 14.6. The Labute approximate surface area is 178 Å². The van der Waals surface area contributed by atoms with Crippen LogP contribution in [0.2, 0.25) is 0 Å². The molecule has 1 atom stereocenters. The summed E-state index contributed by atoms with van der Waals surface area (Å²) in [5, 5.41) is 3.17. The first-order valence-corrected chi connectivity index (χ1v) is 11.3. The van der Waals surface area contributed by atoms with Gasteiger partial charge < -0.3 is 15.1 Å². The molecule has 1 saturated carbocycles. The summed E-state index contributed by atoms with van der Waals surface area (Å²) in [6, 6.07) is 0.0498. The minimum atomic E-state index is 0.0498. The Balaban J connectivity index is 1.04. The zero-order valence-electron chi connectivity index (χ0n) is 17.6. The highest BCUT2D eigenvalue weighted by molar-refractivity contribution is 6.07. The fraction of sp³-hybridized carbons (Fsp3) is 0.652. The number of carbonyl (C=O) groups is 2. The van der Waals surface area contributed by atoms with Crippen LogP contribution in [0.1, 0.15) is 38.5 Å². The van der Waals surface area contributed by atoms with Gasteiger partial charge in [-0.25, -0.2) is 4.79 Å². The van der Waals surface area contributed by atoms with E-state index < -0.39 is 0 Å². The normalized spacial score (nSPS) is 26.7. The largest absolute Gasteiger partial charge is 0.342 e. The van der Waals surface area contributed by atoms with Crippen molar-refractivity contribution in [2.24, 2.45) is 21.3 Å². The highest BCUT2D eigenvalue weighted by Gasteiger charge is 2.54. The van der Waals surface area contributed by atoms with Crippen molar-refractivity contribution in [3.05, 3.63) is 23.3 Å². The van der Waals surface area contributed by atoms with E-state index in [1.54, 1.807) is 0 Å². The Morgan fingerprint density at radius 2 is 2.03 bits per heavy atom. The Hall–Kier alpha value is -2.44. The number of carbonyl (C=O) groups excluding carboxylic acids is 2. The smallest absolute Gasteiger partial charge is 0.318 e. The van der Waals surface area contributed by atoms with E-state index in [-0.39, 0.29) is 11.9 Å². The fourth-order valence-corrected chi connectivity index (χ4v) is 5.39. The topological polar surface area (TPSA) is 77.4 Å². The molecule has 7 nitrogen and oxygen atoms in total. The number of nitrogens with one attached hydrogen (secondary N) is 1. The van der Waals surface area contributed by atoms with Crippen molar-refractivity contribution < 1.29 is 9.59 Å². The number of piperidine rings is 1. The summed E-state index contributed by atoms with van der Waals surface area (Å²) in [7, 11) is 0. The second-order valence-electron chi connectivity index (χ2n) is 9.34. The molecule has 5 rings (SSSR count). The lowest BCUT2D eigenvalue weighted by atomic mass is 9.90. The van der Waals surface area contributed by atoms with E-state index in [9.17, 15) is 9.59 Å². The van der Waals surface area contributed by atoms with Gasteiger partial charge in [0.15, 0.2) is 0 Å². The number of nitrogens with zero attached hydrogens (tertiary/aromatic N) is 4. The van der Waals surface area contributed by atoms with Crippen molar-refractivity contribution in [2.75, 3.05) is 45.8 Å². The number of dihydropyridines is 2. The van der Waals surface area contributed by atoms with E-state index in [0.29, 0.717) is 24.3 Å². The maximum absolute atomic E-state index is 12.6. The molecular formula is C23H31N5O2. The van der Waals surface area contributed by atoms with Gasteiger partial charge in [0, 0.05) is 57.7 Å². The zero-order chi connectivity index (χ0) is 20.6. The number of hydrogen-bond donors (Lipinski definition) is 1. The molecule has 7 heteroatoms. The van der Waals surface area contributed by atoms with Crippen LogP contribution in [0.15, 0.2) is 33.3 Å². The third-order valence-electron chi connectivity index (χ3n) is 7.50. The molecule has 30 heavy (non-hydrogen) atoms. The van der Waals surface area contributed by atoms with Crippen LogP contribution in [0, 0.1) is 11.3 Å². The standard InChI is InChI=1S/C23H31N5O2/c29-21(11-20-3-1-2-7-25-20)27-9-5-23(6-10-27)12-19(23)14-26-22(30)28-15-17-4-8-24-13-18(17)16-28/h1,3,13,19H,2,4-12,14-16H2,(H,26,30). The summed E-state index contributed by atoms with van der Waals surface area (Å²) in [5.41, 5.74) is 3.85. The average molecular weight is 410 g/mol. The predicted molar refractivity (Wildman–Crippen MR) is 117 cm³/mol. The third kappa shape index (κ3) is 3.94. The molecule has 4 heterocycles. The van der Waals surface area contributed by atoms with Gasteiger partial charge in [-0.3, -0.25) is 14.8 Å². The maximum Gasteiger partial charge on any atom is 0.318 e. The van der Waals surface area contributed by atoms with Gasteiger partial charge in [0.2, 0.25) is 5.91 Å². The second kappa shape index (κ2) is 8.00. The molecule has 5 aliphatic rings. The first-order valence-electron chi connectivity index (χ1n) is 11.3. The molecule has 1 N–H and O–H groups in total. The van der Waals surface area contributed by atoms with E-state index in [2.05, 4.69) is 21.4 Å². The van der Waals surface area contributed by atoms with Gasteiger partial charge in [-0.15, -0.1) is 0 Å². The van der Waals surface area contributed by atoms with Crippen molar-refractivity contribution >= 4 is 23.9 Å². The quantitative estimate of drug-likeness (QED) is 0.773. The molecule has 0 aromatic heterocycles. The molecule has 0 radical (unpaired) electrons. The zero-order valence-corrected chi connectivity index (χ0v) is 17.6. The minimum absolute atomic E-state index is 0.0498. The van der Waals surface area contributed by atoms with E-state index in [0.717, 1.165) is 70.7 Å². The van der Waals surface area contributed by atoms with Gasteiger partial charge >= 0.3 is 6.03 Å². The van der Waals surface area contributed by atoms with Crippen molar-refractivity contribution in [3.8, 4) is 0 Å². The third-order valence-corrected chi connectivity index (χ3v) is 7.50. The van der Waals surface area contributed by atoms with Gasteiger partial charge in [-0.05, 0) is 60.7 Å². The minimum Gasteiger partial charge on any atom is -0.342 e.